The Kier molecular flexibility index (Phi) is 2.16. The molecule has 0 saturated carbocycles. The molecular weight excluding hydrogens is 220 g/mol. The Morgan fingerprint density at radius 3 is 2.88 bits per heavy atom. The van der Waals surface area contributed by atoms with Crippen LogP contribution in [0, 0.1) is 0 Å². The monoisotopic (exact) mass is 232 g/mol. The number of hydrogen-bond donors (Lipinski definition) is 1. The summed E-state index contributed by atoms with van der Waals surface area (Å²) in [4.78, 5) is 24.7. The molecule has 1 atom stereocenters. The number of nitrogens with zero attached hydrogens (tertiary/aromatic N) is 1. The average Bonchev–Trinajstić information content (AvgIpc) is 2.83. The molecule has 2 N–H and O–H groups in total. The third-order valence-corrected chi connectivity index (χ3v) is 3.14. The van der Waals surface area contributed by atoms with Gasteiger partial charge in [0.25, 0.3) is 0 Å². The van der Waals surface area contributed by atoms with E-state index in [1.807, 2.05) is 12.1 Å². The standard InChI is InChI=1S/C12H12N2O3/c13-8-3-11(15)14(5-8)9-2-1-7-6-17-12(16)10(7)4-9/h1-2,4,8H,3,5-6,13H2. The normalized spacial score (nSPS) is 22.9. The molecule has 2 heterocycles. The summed E-state index contributed by atoms with van der Waals surface area (Å²) in [7, 11) is 0. The molecule has 0 bridgehead atoms. The molecule has 1 aromatic rings. The number of rotatable bonds is 1. The molecular formula is C12H12N2O3. The van der Waals surface area contributed by atoms with Gasteiger partial charge in [0.2, 0.25) is 5.91 Å². The Hall–Kier alpha value is -1.88. The lowest BCUT2D eigenvalue weighted by atomic mass is 10.1. The van der Waals surface area contributed by atoms with E-state index in [0.717, 1.165) is 11.3 Å². The van der Waals surface area contributed by atoms with Crippen molar-refractivity contribution in [2.75, 3.05) is 11.4 Å². The fraction of sp³-hybridized carbons (Fsp3) is 0.333. The molecule has 1 fully saturated rings. The van der Waals surface area contributed by atoms with Crippen molar-refractivity contribution in [1.29, 1.82) is 0 Å². The third-order valence-electron chi connectivity index (χ3n) is 3.14. The highest BCUT2D eigenvalue weighted by Gasteiger charge is 2.30. The van der Waals surface area contributed by atoms with Crippen LogP contribution in [-0.4, -0.2) is 24.5 Å². The van der Waals surface area contributed by atoms with E-state index in [4.69, 9.17) is 10.5 Å². The van der Waals surface area contributed by atoms with Crippen LogP contribution in [0.15, 0.2) is 18.2 Å². The topological polar surface area (TPSA) is 72.6 Å². The first kappa shape index (κ1) is 10.3. The number of hydrogen-bond acceptors (Lipinski definition) is 4. The van der Waals surface area contributed by atoms with Crippen molar-refractivity contribution in [2.45, 2.75) is 19.1 Å². The van der Waals surface area contributed by atoms with Gasteiger partial charge in [0.05, 0.1) is 5.56 Å². The molecule has 1 amide bonds. The van der Waals surface area contributed by atoms with E-state index in [1.165, 1.54) is 0 Å². The number of ether oxygens (including phenoxy) is 1. The molecule has 2 aliphatic rings. The molecule has 5 heteroatoms. The molecule has 0 radical (unpaired) electrons. The van der Waals surface area contributed by atoms with E-state index in [1.54, 1.807) is 11.0 Å². The Labute approximate surface area is 98.1 Å². The van der Waals surface area contributed by atoms with Crippen LogP contribution in [0.25, 0.3) is 0 Å². The summed E-state index contributed by atoms with van der Waals surface area (Å²) in [5.41, 5.74) is 7.88. The van der Waals surface area contributed by atoms with Gasteiger partial charge < -0.3 is 15.4 Å². The van der Waals surface area contributed by atoms with E-state index in [2.05, 4.69) is 0 Å². The number of nitrogens with two attached hydrogens (primary N) is 1. The summed E-state index contributed by atoms with van der Waals surface area (Å²) in [6.45, 7) is 0.828. The summed E-state index contributed by atoms with van der Waals surface area (Å²) >= 11 is 0. The quantitative estimate of drug-likeness (QED) is 0.712. The predicted octanol–water partition coefficient (Wildman–Crippen LogP) is 0.421. The van der Waals surface area contributed by atoms with Gasteiger partial charge in [0.1, 0.15) is 6.61 Å². The van der Waals surface area contributed by atoms with E-state index in [9.17, 15) is 9.59 Å². The number of amides is 1. The first-order chi connectivity index (χ1) is 8.15. The maximum atomic E-state index is 11.7. The molecule has 88 valence electrons. The lowest BCUT2D eigenvalue weighted by Gasteiger charge is -2.16. The van der Waals surface area contributed by atoms with E-state index < -0.39 is 0 Å². The van der Waals surface area contributed by atoms with Crippen LogP contribution in [0.2, 0.25) is 0 Å². The molecule has 1 aromatic carbocycles. The van der Waals surface area contributed by atoms with Crippen LogP contribution in [0.3, 0.4) is 0 Å². The molecule has 5 nitrogen and oxygen atoms in total. The maximum Gasteiger partial charge on any atom is 0.338 e. The molecule has 0 aliphatic carbocycles. The fourth-order valence-electron chi connectivity index (χ4n) is 2.25. The van der Waals surface area contributed by atoms with E-state index in [0.29, 0.717) is 25.1 Å². The Morgan fingerprint density at radius 1 is 1.35 bits per heavy atom. The minimum atomic E-state index is -0.321. The fourth-order valence-corrected chi connectivity index (χ4v) is 2.25. The van der Waals surface area contributed by atoms with Crippen molar-refractivity contribution in [1.82, 2.24) is 0 Å². The Morgan fingerprint density at radius 2 is 2.18 bits per heavy atom. The lowest BCUT2D eigenvalue weighted by Crippen LogP contribution is -2.28. The van der Waals surface area contributed by atoms with Crippen molar-refractivity contribution >= 4 is 17.6 Å². The molecule has 1 unspecified atom stereocenters. The van der Waals surface area contributed by atoms with Crippen LogP contribution in [0.1, 0.15) is 22.3 Å². The summed E-state index contributed by atoms with van der Waals surface area (Å²) in [6.07, 6.45) is 0.363. The van der Waals surface area contributed by atoms with Gasteiger partial charge in [-0.15, -0.1) is 0 Å². The number of carbonyl (C=O) groups excluding carboxylic acids is 2. The summed E-state index contributed by atoms with van der Waals surface area (Å²) in [6, 6.07) is 5.24. The number of anilines is 1. The second-order valence-corrected chi connectivity index (χ2v) is 4.39. The highest BCUT2D eigenvalue weighted by molar-refractivity contribution is 5.99. The Bertz CT molecular complexity index is 512. The first-order valence-electron chi connectivity index (χ1n) is 5.51. The summed E-state index contributed by atoms with van der Waals surface area (Å²) < 4.78 is 4.92. The minimum absolute atomic E-state index is 0.00353. The summed E-state index contributed by atoms with van der Waals surface area (Å²) in [5, 5.41) is 0. The maximum absolute atomic E-state index is 11.7. The molecule has 0 aromatic heterocycles. The number of carbonyl (C=O) groups is 2. The van der Waals surface area contributed by atoms with Crippen molar-refractivity contribution in [3.8, 4) is 0 Å². The number of fused-ring (bicyclic) bond motifs is 1. The van der Waals surface area contributed by atoms with Gasteiger partial charge in [0, 0.05) is 30.3 Å². The van der Waals surface area contributed by atoms with Crippen molar-refractivity contribution in [3.63, 3.8) is 0 Å². The van der Waals surface area contributed by atoms with Gasteiger partial charge in [-0.3, -0.25) is 4.79 Å². The minimum Gasteiger partial charge on any atom is -0.457 e. The van der Waals surface area contributed by atoms with Crippen LogP contribution in [0.4, 0.5) is 5.69 Å². The van der Waals surface area contributed by atoms with Gasteiger partial charge >= 0.3 is 5.97 Å². The van der Waals surface area contributed by atoms with E-state index in [-0.39, 0.29) is 17.9 Å². The summed E-state index contributed by atoms with van der Waals surface area (Å²) in [5.74, 6) is -0.318. The van der Waals surface area contributed by atoms with Crippen molar-refractivity contribution in [3.05, 3.63) is 29.3 Å². The third kappa shape index (κ3) is 1.59. The van der Waals surface area contributed by atoms with Crippen LogP contribution in [-0.2, 0) is 16.1 Å². The van der Waals surface area contributed by atoms with Crippen LogP contribution >= 0.6 is 0 Å². The van der Waals surface area contributed by atoms with Gasteiger partial charge in [0.15, 0.2) is 0 Å². The molecule has 3 rings (SSSR count). The molecule has 2 aliphatic heterocycles. The van der Waals surface area contributed by atoms with Gasteiger partial charge in [-0.05, 0) is 12.1 Å². The smallest absolute Gasteiger partial charge is 0.338 e. The van der Waals surface area contributed by atoms with Gasteiger partial charge in [-0.2, -0.15) is 0 Å². The van der Waals surface area contributed by atoms with Gasteiger partial charge in [-0.25, -0.2) is 4.79 Å². The second-order valence-electron chi connectivity index (χ2n) is 4.39. The first-order valence-corrected chi connectivity index (χ1v) is 5.51. The average molecular weight is 232 g/mol. The van der Waals surface area contributed by atoms with Crippen molar-refractivity contribution < 1.29 is 14.3 Å². The highest BCUT2D eigenvalue weighted by Crippen LogP contribution is 2.27. The lowest BCUT2D eigenvalue weighted by molar-refractivity contribution is -0.117. The predicted molar refractivity (Wildman–Crippen MR) is 60.5 cm³/mol. The molecule has 1 saturated heterocycles. The number of benzene rings is 1. The molecule has 0 spiro atoms. The zero-order valence-corrected chi connectivity index (χ0v) is 9.18. The Balaban J connectivity index is 1.97. The van der Waals surface area contributed by atoms with Crippen molar-refractivity contribution in [2.24, 2.45) is 5.73 Å². The van der Waals surface area contributed by atoms with Gasteiger partial charge in [-0.1, -0.05) is 6.07 Å². The SMILES string of the molecule is NC1CC(=O)N(c2ccc3c(c2)C(=O)OC3)C1. The zero-order chi connectivity index (χ0) is 12.0. The number of esters is 1. The number of cyclic esters (lactones) is 1. The zero-order valence-electron chi connectivity index (χ0n) is 9.18. The highest BCUT2D eigenvalue weighted by atomic mass is 16.5. The molecule has 17 heavy (non-hydrogen) atoms. The van der Waals surface area contributed by atoms with E-state index >= 15 is 0 Å². The van der Waals surface area contributed by atoms with Crippen LogP contribution < -0.4 is 10.6 Å². The largest absolute Gasteiger partial charge is 0.457 e. The van der Waals surface area contributed by atoms with Crippen LogP contribution in [0.5, 0.6) is 0 Å². The second kappa shape index (κ2) is 3.56.